The summed E-state index contributed by atoms with van der Waals surface area (Å²) >= 11 is 0. The van der Waals surface area contributed by atoms with Crippen LogP contribution in [0.1, 0.15) is 45.1 Å². The smallest absolute Gasteiger partial charge is 0.221 e. The van der Waals surface area contributed by atoms with Crippen molar-refractivity contribution in [2.45, 2.75) is 52.6 Å². The van der Waals surface area contributed by atoms with Crippen molar-refractivity contribution >= 4 is 5.82 Å². The van der Waals surface area contributed by atoms with Gasteiger partial charge < -0.3 is 10.1 Å². The van der Waals surface area contributed by atoms with E-state index in [-0.39, 0.29) is 0 Å². The fraction of sp³-hybridized carbons (Fsp3) is 0.714. The van der Waals surface area contributed by atoms with Crippen molar-refractivity contribution in [1.29, 1.82) is 0 Å². The lowest BCUT2D eigenvalue weighted by molar-refractivity contribution is 0.0942. The van der Waals surface area contributed by atoms with Crippen LogP contribution in [0.15, 0.2) is 6.33 Å². The molecule has 100 valence electrons. The van der Waals surface area contributed by atoms with Crippen molar-refractivity contribution in [1.82, 2.24) is 9.97 Å². The number of hydrogen-bond donors (Lipinski definition) is 1. The molecule has 1 fully saturated rings. The van der Waals surface area contributed by atoms with Crippen LogP contribution >= 0.6 is 0 Å². The van der Waals surface area contributed by atoms with Gasteiger partial charge in [0, 0.05) is 7.05 Å². The van der Waals surface area contributed by atoms with E-state index in [0.717, 1.165) is 30.1 Å². The minimum atomic E-state index is 0.302. The molecule has 0 atom stereocenters. The van der Waals surface area contributed by atoms with Crippen LogP contribution < -0.4 is 10.1 Å². The van der Waals surface area contributed by atoms with E-state index in [1.165, 1.54) is 12.8 Å². The molecule has 1 aromatic rings. The molecular weight excluding hydrogens is 226 g/mol. The highest BCUT2D eigenvalue weighted by Gasteiger charge is 2.28. The molecule has 4 heteroatoms. The molecule has 1 aliphatic carbocycles. The molecule has 0 aliphatic heterocycles. The van der Waals surface area contributed by atoms with Crippen molar-refractivity contribution in [3.8, 4) is 5.88 Å². The Morgan fingerprint density at radius 2 is 1.94 bits per heavy atom. The molecule has 0 bridgehead atoms. The third-order valence-electron chi connectivity index (χ3n) is 3.84. The van der Waals surface area contributed by atoms with Gasteiger partial charge in [0.15, 0.2) is 0 Å². The molecule has 1 heterocycles. The van der Waals surface area contributed by atoms with Gasteiger partial charge in [0.1, 0.15) is 18.2 Å². The molecule has 2 rings (SSSR count). The lowest BCUT2D eigenvalue weighted by Gasteiger charge is -2.34. The predicted octanol–water partition coefficient (Wildman–Crippen LogP) is 3.17. The molecule has 0 amide bonds. The minimum Gasteiger partial charge on any atom is -0.474 e. The second-order valence-electron chi connectivity index (χ2n) is 5.88. The fourth-order valence-electron chi connectivity index (χ4n) is 2.45. The van der Waals surface area contributed by atoms with Crippen molar-refractivity contribution in [3.63, 3.8) is 0 Å². The number of ether oxygens (including phenoxy) is 1. The van der Waals surface area contributed by atoms with E-state index >= 15 is 0 Å². The number of nitrogens with one attached hydrogen (secondary N) is 1. The summed E-state index contributed by atoms with van der Waals surface area (Å²) in [4.78, 5) is 8.42. The van der Waals surface area contributed by atoms with Crippen LogP contribution in [0.2, 0.25) is 0 Å². The van der Waals surface area contributed by atoms with Gasteiger partial charge in [-0.3, -0.25) is 0 Å². The molecule has 0 radical (unpaired) electrons. The molecule has 4 nitrogen and oxygen atoms in total. The largest absolute Gasteiger partial charge is 0.474 e. The molecule has 0 unspecified atom stereocenters. The molecule has 1 aliphatic rings. The van der Waals surface area contributed by atoms with Crippen molar-refractivity contribution in [2.75, 3.05) is 12.4 Å². The molecule has 18 heavy (non-hydrogen) atoms. The zero-order chi connectivity index (χ0) is 13.2. The summed E-state index contributed by atoms with van der Waals surface area (Å²) in [5.41, 5.74) is 1.46. The summed E-state index contributed by atoms with van der Waals surface area (Å²) < 4.78 is 6.03. The molecule has 0 saturated heterocycles. The zero-order valence-corrected chi connectivity index (χ0v) is 11.8. The van der Waals surface area contributed by atoms with E-state index in [9.17, 15) is 0 Å². The number of aromatic nitrogens is 2. The topological polar surface area (TPSA) is 47.0 Å². The van der Waals surface area contributed by atoms with E-state index in [1.54, 1.807) is 6.33 Å². The highest BCUT2D eigenvalue weighted by molar-refractivity contribution is 5.46. The van der Waals surface area contributed by atoms with Gasteiger partial charge in [-0.05, 0) is 38.0 Å². The summed E-state index contributed by atoms with van der Waals surface area (Å²) in [7, 11) is 1.86. The SMILES string of the molecule is CNc1ncnc(OC2CCC(C)(C)CC2)c1C. The maximum Gasteiger partial charge on any atom is 0.221 e. The Hall–Kier alpha value is -1.32. The van der Waals surface area contributed by atoms with Crippen LogP contribution in [0.25, 0.3) is 0 Å². The average Bonchev–Trinajstić information content (AvgIpc) is 2.34. The third-order valence-corrected chi connectivity index (χ3v) is 3.84. The fourth-order valence-corrected chi connectivity index (χ4v) is 2.45. The van der Waals surface area contributed by atoms with E-state index in [0.29, 0.717) is 11.5 Å². The quantitative estimate of drug-likeness (QED) is 0.893. The summed E-state index contributed by atoms with van der Waals surface area (Å²) in [5.74, 6) is 1.56. The Kier molecular flexibility index (Phi) is 3.73. The van der Waals surface area contributed by atoms with Gasteiger partial charge in [-0.15, -0.1) is 0 Å². The van der Waals surface area contributed by atoms with Gasteiger partial charge in [0.2, 0.25) is 5.88 Å². The maximum absolute atomic E-state index is 6.03. The number of anilines is 1. The van der Waals surface area contributed by atoms with Gasteiger partial charge >= 0.3 is 0 Å². The Morgan fingerprint density at radius 3 is 2.56 bits per heavy atom. The molecule has 1 saturated carbocycles. The second kappa shape index (κ2) is 5.12. The van der Waals surface area contributed by atoms with E-state index < -0.39 is 0 Å². The summed E-state index contributed by atoms with van der Waals surface area (Å²) in [6.45, 7) is 6.66. The lowest BCUT2D eigenvalue weighted by Crippen LogP contribution is -2.28. The van der Waals surface area contributed by atoms with Crippen LogP contribution in [0.3, 0.4) is 0 Å². The highest BCUT2D eigenvalue weighted by atomic mass is 16.5. The maximum atomic E-state index is 6.03. The lowest BCUT2D eigenvalue weighted by atomic mass is 9.76. The first-order valence-electron chi connectivity index (χ1n) is 6.68. The molecule has 1 N–H and O–H groups in total. The van der Waals surface area contributed by atoms with Gasteiger partial charge in [-0.25, -0.2) is 9.97 Å². The van der Waals surface area contributed by atoms with E-state index in [2.05, 4.69) is 29.1 Å². The normalized spacial score (nSPS) is 19.6. The van der Waals surface area contributed by atoms with Gasteiger partial charge in [-0.2, -0.15) is 0 Å². The van der Waals surface area contributed by atoms with Crippen molar-refractivity contribution in [2.24, 2.45) is 5.41 Å². The minimum absolute atomic E-state index is 0.302. The van der Waals surface area contributed by atoms with Crippen LogP contribution in [-0.2, 0) is 0 Å². The van der Waals surface area contributed by atoms with Crippen LogP contribution in [0, 0.1) is 12.3 Å². The standard InChI is InChI=1S/C14H23N3O/c1-10-12(15-4)16-9-17-13(10)18-11-5-7-14(2,3)8-6-11/h9,11H,5-8H2,1-4H3,(H,15,16,17). The third kappa shape index (κ3) is 2.92. The first kappa shape index (κ1) is 13.1. The Labute approximate surface area is 109 Å². The van der Waals surface area contributed by atoms with E-state index in [1.807, 2.05) is 14.0 Å². The Balaban J connectivity index is 2.02. The summed E-state index contributed by atoms with van der Waals surface area (Å²) in [5, 5.41) is 3.05. The zero-order valence-electron chi connectivity index (χ0n) is 11.8. The highest BCUT2D eigenvalue weighted by Crippen LogP contribution is 2.36. The van der Waals surface area contributed by atoms with Crippen LogP contribution in [0.4, 0.5) is 5.82 Å². The van der Waals surface area contributed by atoms with Crippen molar-refractivity contribution < 1.29 is 4.74 Å². The van der Waals surface area contributed by atoms with Crippen molar-refractivity contribution in [3.05, 3.63) is 11.9 Å². The summed E-state index contributed by atoms with van der Waals surface area (Å²) in [6, 6.07) is 0. The van der Waals surface area contributed by atoms with Crippen LogP contribution in [-0.4, -0.2) is 23.1 Å². The Morgan fingerprint density at radius 1 is 1.28 bits per heavy atom. The van der Waals surface area contributed by atoms with Gasteiger partial charge in [-0.1, -0.05) is 13.8 Å². The number of nitrogens with zero attached hydrogens (tertiary/aromatic N) is 2. The Bertz CT molecular complexity index is 408. The van der Waals surface area contributed by atoms with Gasteiger partial charge in [0.05, 0.1) is 5.56 Å². The molecule has 1 aromatic heterocycles. The second-order valence-corrected chi connectivity index (χ2v) is 5.88. The molecule has 0 aromatic carbocycles. The average molecular weight is 249 g/mol. The van der Waals surface area contributed by atoms with Crippen LogP contribution in [0.5, 0.6) is 5.88 Å². The number of hydrogen-bond acceptors (Lipinski definition) is 4. The predicted molar refractivity (Wildman–Crippen MR) is 73.0 cm³/mol. The molecular formula is C14H23N3O. The first-order valence-corrected chi connectivity index (χ1v) is 6.68. The monoisotopic (exact) mass is 249 g/mol. The van der Waals surface area contributed by atoms with Gasteiger partial charge in [0.25, 0.3) is 0 Å². The summed E-state index contributed by atoms with van der Waals surface area (Å²) in [6.07, 6.45) is 6.54. The molecule has 0 spiro atoms. The van der Waals surface area contributed by atoms with E-state index in [4.69, 9.17) is 4.74 Å². The number of rotatable bonds is 3. The first-order chi connectivity index (χ1) is 8.52.